The van der Waals surface area contributed by atoms with Gasteiger partial charge in [-0.15, -0.1) is 0 Å². The van der Waals surface area contributed by atoms with Gasteiger partial charge in [0.25, 0.3) is 0 Å². The second kappa shape index (κ2) is 3.19. The van der Waals surface area contributed by atoms with E-state index in [4.69, 9.17) is 11.6 Å². The van der Waals surface area contributed by atoms with E-state index < -0.39 is 11.5 Å². The summed E-state index contributed by atoms with van der Waals surface area (Å²) < 4.78 is 12.4. The number of hydrogen-bond acceptors (Lipinski definition) is 1. The average Bonchev–Trinajstić information content (AvgIpc) is 1.88. The molecule has 0 unspecified atom stereocenters. The van der Waals surface area contributed by atoms with Gasteiger partial charge in [-0.2, -0.15) is 0 Å². The zero-order valence-electron chi connectivity index (χ0n) is 5.52. The molecule has 2 nitrogen and oxygen atoms in total. The lowest BCUT2D eigenvalue weighted by Gasteiger charge is -2.26. The molecule has 1 fully saturated rings. The average molecular weight is 166 g/mol. The normalized spacial score (nSPS) is 21.2. The number of piperidine rings is 1. The summed E-state index contributed by atoms with van der Waals surface area (Å²) >= 11 is 5.17. The molecule has 1 aliphatic heterocycles. The molecule has 0 aromatic rings. The number of hydrogen-bond donors (Lipinski definition) is 0. The van der Waals surface area contributed by atoms with E-state index in [2.05, 4.69) is 0 Å². The Morgan fingerprint density at radius 3 is 2.40 bits per heavy atom. The van der Waals surface area contributed by atoms with Crippen molar-refractivity contribution in [3.8, 4) is 0 Å². The zero-order valence-corrected chi connectivity index (χ0v) is 6.27. The third kappa shape index (κ3) is 1.84. The molecule has 58 valence electrons. The lowest BCUT2D eigenvalue weighted by Crippen LogP contribution is -2.35. The summed E-state index contributed by atoms with van der Waals surface area (Å²) in [5.74, 6) is 0. The van der Waals surface area contributed by atoms with E-state index in [0.717, 1.165) is 0 Å². The molecule has 1 amide bonds. The van der Waals surface area contributed by atoms with Gasteiger partial charge in [-0.1, -0.05) is 0 Å². The standard InChI is InChI=1S/C6H9ClFNO/c7-6(10)9-3-1-5(8)2-4-9/h5H,1-4H2. The second-order valence-electron chi connectivity index (χ2n) is 2.41. The monoisotopic (exact) mass is 165 g/mol. The van der Waals surface area contributed by atoms with Crippen LogP contribution in [0.2, 0.25) is 0 Å². The molecule has 1 aliphatic rings. The third-order valence-electron chi connectivity index (χ3n) is 1.67. The second-order valence-corrected chi connectivity index (χ2v) is 2.74. The molecule has 0 aliphatic carbocycles. The van der Waals surface area contributed by atoms with Gasteiger partial charge in [0.05, 0.1) is 0 Å². The van der Waals surface area contributed by atoms with E-state index in [1.165, 1.54) is 4.90 Å². The van der Waals surface area contributed by atoms with Crippen molar-refractivity contribution >= 4 is 17.0 Å². The van der Waals surface area contributed by atoms with Crippen LogP contribution in [-0.2, 0) is 0 Å². The highest BCUT2D eigenvalue weighted by Crippen LogP contribution is 2.14. The van der Waals surface area contributed by atoms with E-state index in [9.17, 15) is 9.18 Å². The Kier molecular flexibility index (Phi) is 2.49. The quantitative estimate of drug-likeness (QED) is 0.396. The van der Waals surface area contributed by atoms with Crippen molar-refractivity contribution < 1.29 is 9.18 Å². The molecule has 0 radical (unpaired) electrons. The first-order valence-corrected chi connectivity index (χ1v) is 3.66. The van der Waals surface area contributed by atoms with Crippen LogP contribution in [-0.4, -0.2) is 29.5 Å². The fraction of sp³-hybridized carbons (Fsp3) is 0.833. The Bertz CT molecular complexity index is 134. The van der Waals surface area contributed by atoms with Gasteiger partial charge in [0.15, 0.2) is 0 Å². The summed E-state index contributed by atoms with van der Waals surface area (Å²) in [4.78, 5) is 11.9. The molecule has 0 N–H and O–H groups in total. The van der Waals surface area contributed by atoms with E-state index in [1.54, 1.807) is 0 Å². The number of nitrogens with zero attached hydrogens (tertiary/aromatic N) is 1. The number of carbonyl (C=O) groups is 1. The van der Waals surface area contributed by atoms with Crippen molar-refractivity contribution in [1.29, 1.82) is 0 Å². The van der Waals surface area contributed by atoms with Crippen LogP contribution in [0.4, 0.5) is 9.18 Å². The van der Waals surface area contributed by atoms with E-state index in [1.807, 2.05) is 0 Å². The van der Waals surface area contributed by atoms with Crippen molar-refractivity contribution in [3.05, 3.63) is 0 Å². The molecular weight excluding hydrogens is 157 g/mol. The summed E-state index contributed by atoms with van der Waals surface area (Å²) in [5, 5.41) is -0.466. The van der Waals surface area contributed by atoms with Gasteiger partial charge in [0.1, 0.15) is 6.17 Å². The molecule has 1 heterocycles. The van der Waals surface area contributed by atoms with Crippen LogP contribution in [0.15, 0.2) is 0 Å². The summed E-state index contributed by atoms with van der Waals surface area (Å²) in [6.07, 6.45) is 0.115. The van der Waals surface area contributed by atoms with Crippen molar-refractivity contribution in [2.24, 2.45) is 0 Å². The summed E-state index contributed by atoms with van der Waals surface area (Å²) in [6, 6.07) is 0. The van der Waals surface area contributed by atoms with E-state index in [-0.39, 0.29) is 0 Å². The number of rotatable bonds is 0. The smallest absolute Gasteiger partial charge is 0.316 e. The molecule has 1 rings (SSSR count). The Morgan fingerprint density at radius 2 is 2.00 bits per heavy atom. The number of amides is 1. The minimum absolute atomic E-state index is 0.429. The largest absolute Gasteiger partial charge is 0.329 e. The molecule has 0 aromatic heterocycles. The Morgan fingerprint density at radius 1 is 1.50 bits per heavy atom. The van der Waals surface area contributed by atoms with Crippen molar-refractivity contribution in [2.45, 2.75) is 19.0 Å². The maximum atomic E-state index is 12.4. The molecule has 0 saturated carbocycles. The van der Waals surface area contributed by atoms with Gasteiger partial charge in [-0.3, -0.25) is 4.79 Å². The topological polar surface area (TPSA) is 20.3 Å². The SMILES string of the molecule is O=C(Cl)N1CCC(F)CC1. The van der Waals surface area contributed by atoms with Crippen LogP contribution in [0.1, 0.15) is 12.8 Å². The van der Waals surface area contributed by atoms with Crippen LogP contribution in [0.3, 0.4) is 0 Å². The minimum atomic E-state index is -0.743. The van der Waals surface area contributed by atoms with Gasteiger partial charge < -0.3 is 4.90 Å². The number of likely N-dealkylation sites (tertiary alicyclic amines) is 1. The molecule has 0 bridgehead atoms. The van der Waals surface area contributed by atoms with Crippen LogP contribution in [0.5, 0.6) is 0 Å². The van der Waals surface area contributed by atoms with Crippen molar-refractivity contribution in [2.75, 3.05) is 13.1 Å². The van der Waals surface area contributed by atoms with Crippen LogP contribution in [0.25, 0.3) is 0 Å². The predicted molar refractivity (Wildman–Crippen MR) is 37.0 cm³/mol. The fourth-order valence-electron chi connectivity index (χ4n) is 1.02. The molecule has 10 heavy (non-hydrogen) atoms. The van der Waals surface area contributed by atoms with Gasteiger partial charge in [-0.25, -0.2) is 4.39 Å². The molecule has 1 saturated heterocycles. The lowest BCUT2D eigenvalue weighted by molar-refractivity contribution is 0.168. The summed E-state index contributed by atoms with van der Waals surface area (Å²) in [7, 11) is 0. The maximum absolute atomic E-state index is 12.4. The zero-order chi connectivity index (χ0) is 7.56. The first-order valence-electron chi connectivity index (χ1n) is 3.28. The number of halogens is 2. The Labute approximate surface area is 63.9 Å². The minimum Gasteiger partial charge on any atom is -0.329 e. The van der Waals surface area contributed by atoms with Crippen LogP contribution < -0.4 is 0 Å². The van der Waals surface area contributed by atoms with Gasteiger partial charge in [0, 0.05) is 13.1 Å². The van der Waals surface area contributed by atoms with E-state index >= 15 is 0 Å². The maximum Gasteiger partial charge on any atom is 0.316 e. The predicted octanol–water partition coefficient (Wildman–Crippen LogP) is 1.78. The highest BCUT2D eigenvalue weighted by atomic mass is 35.5. The van der Waals surface area contributed by atoms with E-state index in [0.29, 0.717) is 25.9 Å². The highest BCUT2D eigenvalue weighted by molar-refractivity contribution is 6.62. The van der Waals surface area contributed by atoms with Crippen molar-refractivity contribution in [1.82, 2.24) is 4.90 Å². The molecular formula is C6H9ClFNO. The number of alkyl halides is 1. The fourth-order valence-corrected chi connectivity index (χ4v) is 1.19. The van der Waals surface area contributed by atoms with Gasteiger partial charge >= 0.3 is 5.37 Å². The highest BCUT2D eigenvalue weighted by Gasteiger charge is 2.20. The Hall–Kier alpha value is -0.310. The molecule has 0 spiro atoms. The van der Waals surface area contributed by atoms with Gasteiger partial charge in [0.2, 0.25) is 0 Å². The Balaban J connectivity index is 2.33. The molecule has 0 aromatic carbocycles. The van der Waals surface area contributed by atoms with Crippen molar-refractivity contribution in [3.63, 3.8) is 0 Å². The lowest BCUT2D eigenvalue weighted by atomic mass is 10.1. The van der Waals surface area contributed by atoms with Crippen LogP contribution in [0, 0.1) is 0 Å². The summed E-state index contributed by atoms with van der Waals surface area (Å²) in [5.41, 5.74) is 0. The van der Waals surface area contributed by atoms with Gasteiger partial charge in [-0.05, 0) is 24.4 Å². The molecule has 4 heteroatoms. The third-order valence-corrected chi connectivity index (χ3v) is 1.91. The first-order chi connectivity index (χ1) is 4.70. The summed E-state index contributed by atoms with van der Waals surface area (Å²) in [6.45, 7) is 0.924. The first kappa shape index (κ1) is 7.79. The van der Waals surface area contributed by atoms with Crippen LogP contribution >= 0.6 is 11.6 Å². The number of carbonyl (C=O) groups excluding carboxylic acids is 1. The molecule has 0 atom stereocenters.